The normalized spacial score (nSPS) is 18.8. The summed E-state index contributed by atoms with van der Waals surface area (Å²) in [5, 5.41) is 3.18. The van der Waals surface area contributed by atoms with Crippen LogP contribution in [-0.4, -0.2) is 91.2 Å². The molecule has 13 heteroatoms. The fraction of sp³-hybridized carbons (Fsp3) is 0.355. The van der Waals surface area contributed by atoms with E-state index < -0.39 is 5.82 Å². The summed E-state index contributed by atoms with van der Waals surface area (Å²) >= 11 is 6.07. The third-order valence-electron chi connectivity index (χ3n) is 8.37. The van der Waals surface area contributed by atoms with E-state index in [4.69, 9.17) is 21.3 Å². The number of halogens is 2. The molecule has 1 atom stereocenters. The Morgan fingerprint density at radius 2 is 1.91 bits per heavy atom. The van der Waals surface area contributed by atoms with Gasteiger partial charge in [0.05, 0.1) is 30.4 Å². The van der Waals surface area contributed by atoms with E-state index in [-0.39, 0.29) is 29.5 Å². The first-order valence-electron chi connectivity index (χ1n) is 14.5. The molecule has 44 heavy (non-hydrogen) atoms. The maximum absolute atomic E-state index is 14.1. The number of carbonyl (C=O) groups excluding carboxylic acids is 2. The zero-order valence-electron chi connectivity index (χ0n) is 24.7. The lowest BCUT2D eigenvalue weighted by molar-refractivity contribution is -0.125. The number of carbonyl (C=O) groups is 2. The number of urea groups is 1. The van der Waals surface area contributed by atoms with Crippen LogP contribution in [0.15, 0.2) is 55.3 Å². The molecule has 3 aliphatic heterocycles. The molecule has 6 rings (SSSR count). The summed E-state index contributed by atoms with van der Waals surface area (Å²) in [5.41, 5.74) is 2.90. The highest BCUT2D eigenvalue weighted by atomic mass is 35.5. The number of anilines is 5. The number of ether oxygens (including phenoxy) is 1. The van der Waals surface area contributed by atoms with Crippen LogP contribution in [-0.2, 0) is 11.3 Å². The van der Waals surface area contributed by atoms with Crippen molar-refractivity contribution in [1.82, 2.24) is 19.8 Å². The number of piperazine rings is 1. The molecule has 2 saturated heterocycles. The van der Waals surface area contributed by atoms with Crippen LogP contribution < -0.4 is 24.8 Å². The van der Waals surface area contributed by atoms with Crippen molar-refractivity contribution in [3.63, 3.8) is 0 Å². The van der Waals surface area contributed by atoms with E-state index in [1.807, 2.05) is 18.2 Å². The standard InChI is InChI=1S/C31H34ClFN8O3/c1-4-28(42)39-10-9-23(19-39)41-29-20(18-40(31(41)43)22-5-7-25(33)24(32)15-22)17-34-30(36-29)35-26-8-6-21(16-27(26)44-3)38-13-11-37(2)12-14-38/h4-8,15-17,23H,1,9-14,18-19H2,2-3H3,(H,34,35,36). The van der Waals surface area contributed by atoms with Crippen LogP contribution in [0, 0.1) is 5.82 Å². The second-order valence-corrected chi connectivity index (χ2v) is 11.5. The quantitative estimate of drug-likeness (QED) is 0.386. The minimum Gasteiger partial charge on any atom is -0.494 e. The molecule has 230 valence electrons. The monoisotopic (exact) mass is 620 g/mol. The fourth-order valence-corrected chi connectivity index (χ4v) is 6.04. The number of nitrogens with one attached hydrogen (secondary N) is 1. The van der Waals surface area contributed by atoms with Gasteiger partial charge < -0.3 is 24.8 Å². The van der Waals surface area contributed by atoms with Crippen LogP contribution >= 0.6 is 11.6 Å². The van der Waals surface area contributed by atoms with E-state index >= 15 is 0 Å². The number of hydrogen-bond acceptors (Lipinski definition) is 8. The second kappa shape index (κ2) is 12.3. The molecular formula is C31H34ClFN8O3. The lowest BCUT2D eigenvalue weighted by Crippen LogP contribution is -2.53. The summed E-state index contributed by atoms with van der Waals surface area (Å²) in [6, 6.07) is 9.46. The molecule has 4 heterocycles. The van der Waals surface area contributed by atoms with Gasteiger partial charge in [0.1, 0.15) is 17.4 Å². The average molecular weight is 621 g/mol. The van der Waals surface area contributed by atoms with Crippen molar-refractivity contribution in [3.05, 3.63) is 71.7 Å². The van der Waals surface area contributed by atoms with Crippen LogP contribution in [0.4, 0.5) is 38.0 Å². The average Bonchev–Trinajstić information content (AvgIpc) is 3.52. The van der Waals surface area contributed by atoms with E-state index in [0.717, 1.165) is 31.9 Å². The number of nitrogens with zero attached hydrogens (tertiary/aromatic N) is 7. The molecule has 0 aliphatic carbocycles. The maximum Gasteiger partial charge on any atom is 0.330 e. The first-order chi connectivity index (χ1) is 21.2. The van der Waals surface area contributed by atoms with Crippen molar-refractivity contribution >= 4 is 52.4 Å². The molecule has 1 N–H and O–H groups in total. The van der Waals surface area contributed by atoms with Crippen molar-refractivity contribution in [2.45, 2.75) is 19.0 Å². The van der Waals surface area contributed by atoms with Gasteiger partial charge in [-0.25, -0.2) is 14.2 Å². The maximum atomic E-state index is 14.1. The van der Waals surface area contributed by atoms with Crippen LogP contribution in [0.2, 0.25) is 5.02 Å². The Morgan fingerprint density at radius 1 is 1.14 bits per heavy atom. The minimum absolute atomic E-state index is 0.0837. The topological polar surface area (TPSA) is 97.4 Å². The van der Waals surface area contributed by atoms with Gasteiger partial charge in [0.15, 0.2) is 0 Å². The predicted molar refractivity (Wildman–Crippen MR) is 169 cm³/mol. The first-order valence-corrected chi connectivity index (χ1v) is 14.8. The van der Waals surface area contributed by atoms with Crippen LogP contribution in [0.1, 0.15) is 12.0 Å². The number of benzene rings is 2. The van der Waals surface area contributed by atoms with Gasteiger partial charge in [0.25, 0.3) is 0 Å². The minimum atomic E-state index is -0.572. The summed E-state index contributed by atoms with van der Waals surface area (Å²) in [5.74, 6) is 0.615. The molecule has 0 bridgehead atoms. The Labute approximate surface area is 260 Å². The number of amides is 3. The van der Waals surface area contributed by atoms with Gasteiger partial charge in [-0.15, -0.1) is 0 Å². The van der Waals surface area contributed by atoms with Crippen LogP contribution in [0.25, 0.3) is 0 Å². The lowest BCUT2D eigenvalue weighted by atomic mass is 10.1. The van der Waals surface area contributed by atoms with Gasteiger partial charge in [0, 0.05) is 68.5 Å². The fourth-order valence-electron chi connectivity index (χ4n) is 5.87. The number of likely N-dealkylation sites (N-methyl/N-ethyl adjacent to an activating group) is 1. The molecule has 3 aromatic rings. The third kappa shape index (κ3) is 5.74. The van der Waals surface area contributed by atoms with Crippen LogP contribution in [0.3, 0.4) is 0 Å². The molecule has 2 aromatic carbocycles. The van der Waals surface area contributed by atoms with E-state index in [2.05, 4.69) is 33.7 Å². The molecule has 1 aromatic heterocycles. The van der Waals surface area contributed by atoms with Crippen molar-refractivity contribution < 1.29 is 18.7 Å². The van der Waals surface area contributed by atoms with Crippen molar-refractivity contribution in [1.29, 1.82) is 0 Å². The Kier molecular flexibility index (Phi) is 8.28. The zero-order valence-corrected chi connectivity index (χ0v) is 25.4. The summed E-state index contributed by atoms with van der Waals surface area (Å²) < 4.78 is 19.7. The number of likely N-dealkylation sites (tertiary alicyclic amines) is 1. The molecule has 0 spiro atoms. The van der Waals surface area contributed by atoms with E-state index in [1.54, 1.807) is 23.1 Å². The summed E-state index contributed by atoms with van der Waals surface area (Å²) in [7, 11) is 3.74. The third-order valence-corrected chi connectivity index (χ3v) is 8.65. The lowest BCUT2D eigenvalue weighted by Gasteiger charge is -2.39. The van der Waals surface area contributed by atoms with E-state index in [1.165, 1.54) is 29.2 Å². The van der Waals surface area contributed by atoms with E-state index in [9.17, 15) is 14.0 Å². The molecule has 0 saturated carbocycles. The highest BCUT2D eigenvalue weighted by molar-refractivity contribution is 6.31. The van der Waals surface area contributed by atoms with Crippen molar-refractivity contribution in [3.8, 4) is 5.75 Å². The highest BCUT2D eigenvalue weighted by Gasteiger charge is 2.41. The number of methoxy groups -OCH3 is 1. The molecule has 0 radical (unpaired) electrons. The zero-order chi connectivity index (χ0) is 31.0. The number of rotatable bonds is 7. The largest absolute Gasteiger partial charge is 0.494 e. The SMILES string of the molecule is C=CC(=O)N1CCC(N2C(=O)N(c3ccc(F)c(Cl)c3)Cc3cnc(Nc4ccc(N5CCN(C)CC5)cc4OC)nc32)C1. The summed E-state index contributed by atoms with van der Waals surface area (Å²) in [4.78, 5) is 45.2. The van der Waals surface area contributed by atoms with Gasteiger partial charge in [-0.1, -0.05) is 18.2 Å². The number of hydrogen-bond donors (Lipinski definition) is 1. The molecule has 2 fully saturated rings. The van der Waals surface area contributed by atoms with Crippen molar-refractivity contribution in [2.24, 2.45) is 0 Å². The molecular weight excluding hydrogens is 587 g/mol. The van der Waals surface area contributed by atoms with Gasteiger partial charge in [-0.2, -0.15) is 4.98 Å². The first kappa shape index (κ1) is 29.6. The smallest absolute Gasteiger partial charge is 0.330 e. The number of fused-ring (bicyclic) bond motifs is 1. The molecule has 3 aliphatic rings. The van der Waals surface area contributed by atoms with E-state index in [0.29, 0.717) is 54.0 Å². The van der Waals surface area contributed by atoms with Crippen LogP contribution in [0.5, 0.6) is 5.75 Å². The molecule has 1 unspecified atom stereocenters. The number of aromatic nitrogens is 2. The predicted octanol–water partition coefficient (Wildman–Crippen LogP) is 4.51. The van der Waals surface area contributed by atoms with Gasteiger partial charge in [-0.3, -0.25) is 14.6 Å². The van der Waals surface area contributed by atoms with Gasteiger partial charge in [0.2, 0.25) is 11.9 Å². The Balaban J connectivity index is 1.31. The molecule has 11 nitrogen and oxygen atoms in total. The Hall–Kier alpha value is -4.42. The van der Waals surface area contributed by atoms with Gasteiger partial charge >= 0.3 is 6.03 Å². The summed E-state index contributed by atoms with van der Waals surface area (Å²) in [6.07, 6.45) is 3.50. The van der Waals surface area contributed by atoms with Gasteiger partial charge in [-0.05, 0) is 49.9 Å². The van der Waals surface area contributed by atoms with Crippen molar-refractivity contribution in [2.75, 3.05) is 73.4 Å². The Bertz CT molecular complexity index is 1600. The molecule has 3 amide bonds. The summed E-state index contributed by atoms with van der Waals surface area (Å²) in [6.45, 7) is 8.41. The Morgan fingerprint density at radius 3 is 2.64 bits per heavy atom. The second-order valence-electron chi connectivity index (χ2n) is 11.1. The highest BCUT2D eigenvalue weighted by Crippen LogP contribution is 2.37.